The molecule has 0 saturated heterocycles. The number of benzene rings is 1. The third kappa shape index (κ3) is 3.94. The van der Waals surface area contributed by atoms with E-state index in [4.69, 9.17) is 0 Å². The summed E-state index contributed by atoms with van der Waals surface area (Å²) in [7, 11) is 0. The molecule has 1 aliphatic carbocycles. The van der Waals surface area contributed by atoms with Gasteiger partial charge < -0.3 is 15.7 Å². The molecule has 4 nitrogen and oxygen atoms in total. The maximum atomic E-state index is 13.2. The molecule has 0 aliphatic heterocycles. The van der Waals surface area contributed by atoms with Crippen LogP contribution in [0.4, 0.5) is 13.6 Å². The Balaban J connectivity index is 1.86. The minimum absolute atomic E-state index is 0.221. The Hall–Kier alpha value is -1.69. The Morgan fingerprint density at radius 2 is 2.05 bits per heavy atom. The maximum absolute atomic E-state index is 13.2. The molecule has 2 amide bonds. The number of rotatable bonds is 6. The minimum atomic E-state index is -1.11. The lowest BCUT2D eigenvalue weighted by Gasteiger charge is -2.22. The number of hydrogen-bond acceptors (Lipinski definition) is 2. The average molecular weight is 312 g/mol. The van der Waals surface area contributed by atoms with E-state index in [1.54, 1.807) is 6.92 Å². The van der Waals surface area contributed by atoms with Gasteiger partial charge >= 0.3 is 6.03 Å². The molecule has 0 aromatic heterocycles. The van der Waals surface area contributed by atoms with E-state index < -0.39 is 23.8 Å². The fraction of sp³-hybridized carbons (Fsp3) is 0.562. The van der Waals surface area contributed by atoms with Crippen molar-refractivity contribution in [3.05, 3.63) is 35.4 Å². The first-order valence-electron chi connectivity index (χ1n) is 7.54. The van der Waals surface area contributed by atoms with Gasteiger partial charge in [0.25, 0.3) is 0 Å². The average Bonchev–Trinajstić information content (AvgIpc) is 3.28. The quantitative estimate of drug-likeness (QED) is 0.756. The van der Waals surface area contributed by atoms with Gasteiger partial charge in [-0.1, -0.05) is 13.0 Å². The lowest BCUT2D eigenvalue weighted by Crippen LogP contribution is -2.45. The number of aliphatic hydroxyl groups is 1. The predicted molar refractivity (Wildman–Crippen MR) is 79.3 cm³/mol. The molecule has 1 saturated carbocycles. The van der Waals surface area contributed by atoms with Crippen LogP contribution in [0, 0.1) is 17.0 Å². The second kappa shape index (κ2) is 6.60. The molecule has 1 aromatic carbocycles. The molecular formula is C16H22F2N2O2. The zero-order valence-electron chi connectivity index (χ0n) is 12.8. The van der Waals surface area contributed by atoms with Gasteiger partial charge in [0.05, 0.1) is 12.1 Å². The normalized spacial score (nSPS) is 18.4. The summed E-state index contributed by atoms with van der Waals surface area (Å²) in [5.41, 5.74) is 0.457. The summed E-state index contributed by atoms with van der Waals surface area (Å²) in [4.78, 5) is 11.8. The molecule has 1 fully saturated rings. The molecule has 0 spiro atoms. The van der Waals surface area contributed by atoms with Crippen LogP contribution in [-0.2, 0) is 0 Å². The van der Waals surface area contributed by atoms with Crippen molar-refractivity contribution in [1.82, 2.24) is 10.6 Å². The van der Waals surface area contributed by atoms with E-state index in [1.807, 2.05) is 0 Å². The highest BCUT2D eigenvalue weighted by Gasteiger charge is 2.40. The Kier molecular flexibility index (Phi) is 5.01. The number of amides is 2. The number of halogens is 2. The maximum Gasteiger partial charge on any atom is 0.315 e. The third-order valence-electron chi connectivity index (χ3n) is 4.45. The van der Waals surface area contributed by atoms with Crippen LogP contribution in [0.3, 0.4) is 0 Å². The van der Waals surface area contributed by atoms with Gasteiger partial charge in [0.15, 0.2) is 11.6 Å². The minimum Gasteiger partial charge on any atom is -0.386 e. The van der Waals surface area contributed by atoms with E-state index >= 15 is 0 Å². The zero-order valence-corrected chi connectivity index (χ0v) is 12.8. The van der Waals surface area contributed by atoms with Crippen LogP contribution in [0.2, 0.25) is 0 Å². The fourth-order valence-electron chi connectivity index (χ4n) is 2.42. The lowest BCUT2D eigenvalue weighted by molar-refractivity contribution is 0.136. The van der Waals surface area contributed by atoms with Crippen LogP contribution in [0.15, 0.2) is 18.2 Å². The Labute approximate surface area is 128 Å². The van der Waals surface area contributed by atoms with Crippen molar-refractivity contribution >= 4 is 6.03 Å². The number of urea groups is 1. The number of aliphatic hydroxyl groups excluding tert-OH is 1. The molecule has 6 heteroatoms. The summed E-state index contributed by atoms with van der Waals surface area (Å²) < 4.78 is 26.1. The molecular weight excluding hydrogens is 290 g/mol. The molecule has 0 radical (unpaired) electrons. The van der Waals surface area contributed by atoms with Crippen molar-refractivity contribution in [3.8, 4) is 0 Å². The summed E-state index contributed by atoms with van der Waals surface area (Å²) in [5, 5.41) is 15.5. The lowest BCUT2D eigenvalue weighted by atomic mass is 10.0. The number of hydrogen-bond donors (Lipinski definition) is 3. The predicted octanol–water partition coefficient (Wildman–Crippen LogP) is 2.88. The Bertz CT molecular complexity index is 547. The van der Waals surface area contributed by atoms with Crippen LogP contribution in [0.1, 0.15) is 44.8 Å². The summed E-state index contributed by atoms with van der Waals surface area (Å²) in [5.74, 6) is -1.99. The van der Waals surface area contributed by atoms with Gasteiger partial charge in [0, 0.05) is 6.54 Å². The van der Waals surface area contributed by atoms with Crippen LogP contribution in [-0.4, -0.2) is 23.7 Å². The Morgan fingerprint density at radius 1 is 1.36 bits per heavy atom. The molecule has 1 aliphatic rings. The second-order valence-corrected chi connectivity index (χ2v) is 6.09. The second-order valence-electron chi connectivity index (χ2n) is 6.09. The van der Waals surface area contributed by atoms with Gasteiger partial charge in [-0.15, -0.1) is 0 Å². The first-order valence-corrected chi connectivity index (χ1v) is 7.54. The third-order valence-corrected chi connectivity index (χ3v) is 4.45. The summed E-state index contributed by atoms with van der Waals surface area (Å²) >= 11 is 0. The molecule has 122 valence electrons. The van der Waals surface area contributed by atoms with E-state index in [2.05, 4.69) is 17.6 Å². The number of carbonyl (C=O) groups excluding carboxylic acids is 1. The summed E-state index contributed by atoms with van der Waals surface area (Å²) in [6.45, 7) is 4.32. The monoisotopic (exact) mass is 312 g/mol. The molecule has 3 N–H and O–H groups in total. The first-order chi connectivity index (χ1) is 10.4. The Morgan fingerprint density at radius 3 is 2.59 bits per heavy atom. The standard InChI is InChI=1S/C16H22F2N2O2/c1-3-16(6-7-16)9-19-15(22)20-10(2)14(21)11-4-5-12(17)13(18)8-11/h4-5,8,10,14,21H,3,6-7,9H2,1-2H3,(H2,19,20,22). The summed E-state index contributed by atoms with van der Waals surface area (Å²) in [6, 6.07) is 2.20. The van der Waals surface area contributed by atoms with Gasteiger partial charge in [-0.2, -0.15) is 0 Å². The van der Waals surface area contributed by atoms with Gasteiger partial charge in [-0.05, 0) is 49.3 Å². The molecule has 2 atom stereocenters. The van der Waals surface area contributed by atoms with Crippen molar-refractivity contribution in [1.29, 1.82) is 0 Å². The molecule has 2 rings (SSSR count). The molecule has 2 unspecified atom stereocenters. The smallest absolute Gasteiger partial charge is 0.315 e. The highest BCUT2D eigenvalue weighted by molar-refractivity contribution is 5.74. The van der Waals surface area contributed by atoms with E-state index in [9.17, 15) is 18.7 Å². The fourth-order valence-corrected chi connectivity index (χ4v) is 2.42. The van der Waals surface area contributed by atoms with Crippen LogP contribution in [0.5, 0.6) is 0 Å². The van der Waals surface area contributed by atoms with E-state index in [-0.39, 0.29) is 17.0 Å². The first kappa shape index (κ1) is 16.7. The van der Waals surface area contributed by atoms with Crippen molar-refractivity contribution < 1.29 is 18.7 Å². The largest absolute Gasteiger partial charge is 0.386 e. The van der Waals surface area contributed by atoms with Crippen LogP contribution >= 0.6 is 0 Å². The molecule has 22 heavy (non-hydrogen) atoms. The highest BCUT2D eigenvalue weighted by Crippen LogP contribution is 2.47. The molecule has 1 aromatic rings. The van der Waals surface area contributed by atoms with Crippen molar-refractivity contribution in [3.63, 3.8) is 0 Å². The molecule has 0 bridgehead atoms. The SMILES string of the molecule is CCC1(CNC(=O)NC(C)C(O)c2ccc(F)c(F)c2)CC1. The number of carbonyl (C=O) groups is 1. The van der Waals surface area contributed by atoms with Crippen LogP contribution in [0.25, 0.3) is 0 Å². The topological polar surface area (TPSA) is 61.4 Å². The van der Waals surface area contributed by atoms with Gasteiger partial charge in [-0.25, -0.2) is 13.6 Å². The summed E-state index contributed by atoms with van der Waals surface area (Å²) in [6.07, 6.45) is 2.16. The van der Waals surface area contributed by atoms with Crippen molar-refractivity contribution in [2.24, 2.45) is 5.41 Å². The number of nitrogens with one attached hydrogen (secondary N) is 2. The van der Waals surface area contributed by atoms with Gasteiger partial charge in [0.1, 0.15) is 0 Å². The zero-order chi connectivity index (χ0) is 16.3. The van der Waals surface area contributed by atoms with Crippen molar-refractivity contribution in [2.75, 3.05) is 6.54 Å². The van der Waals surface area contributed by atoms with E-state index in [0.29, 0.717) is 6.54 Å². The van der Waals surface area contributed by atoms with E-state index in [0.717, 1.165) is 31.4 Å². The van der Waals surface area contributed by atoms with Gasteiger partial charge in [0.2, 0.25) is 0 Å². The highest BCUT2D eigenvalue weighted by atomic mass is 19.2. The van der Waals surface area contributed by atoms with Crippen LogP contribution < -0.4 is 10.6 Å². The van der Waals surface area contributed by atoms with E-state index in [1.165, 1.54) is 6.07 Å². The molecule has 0 heterocycles. The van der Waals surface area contributed by atoms with Gasteiger partial charge in [-0.3, -0.25) is 0 Å². The van der Waals surface area contributed by atoms with Crippen molar-refractivity contribution in [2.45, 2.75) is 45.3 Å².